The van der Waals surface area contributed by atoms with Crippen LogP contribution in [-0.2, 0) is 0 Å². The second kappa shape index (κ2) is 2.12. The Morgan fingerprint density at radius 2 is 1.91 bits per heavy atom. The fraction of sp³-hybridized carbons (Fsp3) is 0.200. The largest absolute Gasteiger partial charge is 0.464 e. The fourth-order valence-electron chi connectivity index (χ4n) is 1.33. The van der Waals surface area contributed by atoms with Crippen LogP contribution < -0.4 is 0 Å². The fourth-order valence-corrected chi connectivity index (χ4v) is 1.33. The third-order valence-corrected chi connectivity index (χ3v) is 1.99. The Morgan fingerprint density at radius 3 is 2.64 bits per heavy atom. The van der Waals surface area contributed by atoms with Crippen molar-refractivity contribution in [3.63, 3.8) is 0 Å². The molecule has 0 N–H and O–H groups in total. The molecule has 0 saturated carbocycles. The summed E-state index contributed by atoms with van der Waals surface area (Å²) in [7, 11) is 0. The van der Waals surface area contributed by atoms with Crippen molar-refractivity contribution in [3.05, 3.63) is 35.6 Å². The molecular weight excluding hydrogens is 136 g/mol. The smallest absolute Gasteiger partial charge is 0.137 e. The predicted octanol–water partition coefficient (Wildman–Crippen LogP) is 3.05. The summed E-state index contributed by atoms with van der Waals surface area (Å²) in [5.74, 6) is 0. The molecule has 1 heteroatoms. The van der Waals surface area contributed by atoms with Gasteiger partial charge in [-0.05, 0) is 25.0 Å². The quantitative estimate of drug-likeness (QED) is 0.556. The summed E-state index contributed by atoms with van der Waals surface area (Å²) >= 11 is 0. The molecule has 0 fully saturated rings. The van der Waals surface area contributed by atoms with Crippen LogP contribution in [0.5, 0.6) is 0 Å². The minimum absolute atomic E-state index is 1.02. The number of aryl methyl sites for hydroxylation is 2. The maximum atomic E-state index is 5.38. The third kappa shape index (κ3) is 0.845. The lowest BCUT2D eigenvalue weighted by Gasteiger charge is -1.92. The van der Waals surface area contributed by atoms with Crippen molar-refractivity contribution in [2.75, 3.05) is 0 Å². The van der Waals surface area contributed by atoms with E-state index >= 15 is 0 Å². The zero-order valence-electron chi connectivity index (χ0n) is 6.72. The standard InChI is InChI=1S/C10H10O/c1-7-4-3-5-9-8(2)6-11-10(7)9/h3-6H,1-2H3. The maximum absolute atomic E-state index is 5.38. The van der Waals surface area contributed by atoms with Crippen LogP contribution in [-0.4, -0.2) is 0 Å². The van der Waals surface area contributed by atoms with Gasteiger partial charge < -0.3 is 4.42 Å². The molecule has 0 aliphatic heterocycles. The number of para-hydroxylation sites is 1. The summed E-state index contributed by atoms with van der Waals surface area (Å²) in [5, 5.41) is 1.23. The molecule has 1 nitrogen and oxygen atoms in total. The van der Waals surface area contributed by atoms with Crippen LogP contribution in [0, 0.1) is 13.8 Å². The number of fused-ring (bicyclic) bond motifs is 1. The van der Waals surface area contributed by atoms with E-state index in [0.29, 0.717) is 0 Å². The minimum atomic E-state index is 1.02. The summed E-state index contributed by atoms with van der Waals surface area (Å²) in [5.41, 5.74) is 3.43. The van der Waals surface area contributed by atoms with E-state index in [2.05, 4.69) is 32.0 Å². The molecule has 0 atom stereocenters. The first kappa shape index (κ1) is 6.47. The van der Waals surface area contributed by atoms with Gasteiger partial charge in [-0.15, -0.1) is 0 Å². The molecule has 2 rings (SSSR count). The topological polar surface area (TPSA) is 13.1 Å². The van der Waals surface area contributed by atoms with Crippen LogP contribution in [0.15, 0.2) is 28.9 Å². The SMILES string of the molecule is Cc1coc2c(C)cccc12. The van der Waals surface area contributed by atoms with Crippen LogP contribution in [0.3, 0.4) is 0 Å². The Kier molecular flexibility index (Phi) is 1.25. The first-order valence-electron chi connectivity index (χ1n) is 3.72. The summed E-state index contributed by atoms with van der Waals surface area (Å²) < 4.78 is 5.38. The van der Waals surface area contributed by atoms with Gasteiger partial charge in [0, 0.05) is 5.39 Å². The van der Waals surface area contributed by atoms with Crippen molar-refractivity contribution in [3.8, 4) is 0 Å². The minimum Gasteiger partial charge on any atom is -0.464 e. The molecule has 0 unspecified atom stereocenters. The van der Waals surface area contributed by atoms with E-state index in [1.54, 1.807) is 6.26 Å². The molecule has 2 aromatic rings. The first-order valence-corrected chi connectivity index (χ1v) is 3.72. The van der Waals surface area contributed by atoms with E-state index in [9.17, 15) is 0 Å². The molecule has 0 aliphatic rings. The number of benzene rings is 1. The second-order valence-corrected chi connectivity index (χ2v) is 2.87. The third-order valence-electron chi connectivity index (χ3n) is 1.99. The average molecular weight is 146 g/mol. The van der Waals surface area contributed by atoms with Crippen LogP contribution >= 0.6 is 0 Å². The van der Waals surface area contributed by atoms with Crippen molar-refractivity contribution in [2.24, 2.45) is 0 Å². The van der Waals surface area contributed by atoms with E-state index < -0.39 is 0 Å². The number of hydrogen-bond donors (Lipinski definition) is 0. The van der Waals surface area contributed by atoms with Crippen molar-refractivity contribution in [1.82, 2.24) is 0 Å². The van der Waals surface area contributed by atoms with Gasteiger partial charge in [0.05, 0.1) is 6.26 Å². The Morgan fingerprint density at radius 1 is 1.09 bits per heavy atom. The van der Waals surface area contributed by atoms with Gasteiger partial charge in [0.25, 0.3) is 0 Å². The lowest BCUT2D eigenvalue weighted by atomic mass is 10.1. The number of furan rings is 1. The van der Waals surface area contributed by atoms with Gasteiger partial charge in [-0.3, -0.25) is 0 Å². The van der Waals surface area contributed by atoms with Gasteiger partial charge in [0.15, 0.2) is 0 Å². The highest BCUT2D eigenvalue weighted by Crippen LogP contribution is 2.22. The van der Waals surface area contributed by atoms with Crippen LogP contribution in [0.1, 0.15) is 11.1 Å². The summed E-state index contributed by atoms with van der Waals surface area (Å²) in [4.78, 5) is 0. The van der Waals surface area contributed by atoms with Crippen molar-refractivity contribution >= 4 is 11.0 Å². The van der Waals surface area contributed by atoms with E-state index in [4.69, 9.17) is 4.42 Å². The monoisotopic (exact) mass is 146 g/mol. The Bertz CT molecular complexity index is 385. The number of rotatable bonds is 0. The van der Waals surface area contributed by atoms with Gasteiger partial charge in [0.2, 0.25) is 0 Å². The van der Waals surface area contributed by atoms with Gasteiger partial charge in [0.1, 0.15) is 5.58 Å². The van der Waals surface area contributed by atoms with E-state index in [0.717, 1.165) is 5.58 Å². The summed E-state index contributed by atoms with van der Waals surface area (Å²) in [6, 6.07) is 6.20. The summed E-state index contributed by atoms with van der Waals surface area (Å²) in [6.45, 7) is 4.12. The first-order chi connectivity index (χ1) is 5.29. The van der Waals surface area contributed by atoms with Crippen molar-refractivity contribution < 1.29 is 4.42 Å². The highest BCUT2D eigenvalue weighted by molar-refractivity contribution is 5.83. The summed E-state index contributed by atoms with van der Waals surface area (Å²) in [6.07, 6.45) is 1.80. The maximum Gasteiger partial charge on any atom is 0.137 e. The molecule has 11 heavy (non-hydrogen) atoms. The lowest BCUT2D eigenvalue weighted by Crippen LogP contribution is -1.71. The highest BCUT2D eigenvalue weighted by atomic mass is 16.3. The Labute approximate surface area is 65.6 Å². The van der Waals surface area contributed by atoms with Gasteiger partial charge in [-0.25, -0.2) is 0 Å². The van der Waals surface area contributed by atoms with Crippen LogP contribution in [0.4, 0.5) is 0 Å². The van der Waals surface area contributed by atoms with Gasteiger partial charge in [-0.1, -0.05) is 18.2 Å². The molecule has 1 aromatic heterocycles. The molecule has 0 bridgehead atoms. The molecular formula is C10H10O. The molecule has 1 heterocycles. The molecule has 0 radical (unpaired) electrons. The van der Waals surface area contributed by atoms with Crippen molar-refractivity contribution in [2.45, 2.75) is 13.8 Å². The molecule has 56 valence electrons. The molecule has 0 amide bonds. The highest BCUT2D eigenvalue weighted by Gasteiger charge is 2.01. The zero-order valence-corrected chi connectivity index (χ0v) is 6.72. The normalized spacial score (nSPS) is 10.7. The predicted molar refractivity (Wildman–Crippen MR) is 45.7 cm³/mol. The molecule has 0 saturated heterocycles. The van der Waals surface area contributed by atoms with Crippen molar-refractivity contribution in [1.29, 1.82) is 0 Å². The Hall–Kier alpha value is -1.24. The van der Waals surface area contributed by atoms with Crippen LogP contribution in [0.2, 0.25) is 0 Å². The molecule has 1 aromatic carbocycles. The zero-order chi connectivity index (χ0) is 7.84. The molecule has 0 spiro atoms. The average Bonchev–Trinajstić information content (AvgIpc) is 2.35. The van der Waals surface area contributed by atoms with E-state index in [-0.39, 0.29) is 0 Å². The Balaban J connectivity index is 2.94. The molecule has 0 aliphatic carbocycles. The second-order valence-electron chi connectivity index (χ2n) is 2.87. The lowest BCUT2D eigenvalue weighted by molar-refractivity contribution is 0.610. The van der Waals surface area contributed by atoms with Crippen LogP contribution in [0.25, 0.3) is 11.0 Å². The number of hydrogen-bond acceptors (Lipinski definition) is 1. The van der Waals surface area contributed by atoms with Gasteiger partial charge >= 0.3 is 0 Å². The van der Waals surface area contributed by atoms with E-state index in [1.807, 2.05) is 0 Å². The van der Waals surface area contributed by atoms with Gasteiger partial charge in [-0.2, -0.15) is 0 Å². The van der Waals surface area contributed by atoms with E-state index in [1.165, 1.54) is 16.5 Å².